The largest absolute Gasteiger partial charge is 0.346 e. The van der Waals surface area contributed by atoms with E-state index in [0.29, 0.717) is 17.2 Å². The van der Waals surface area contributed by atoms with Crippen molar-refractivity contribution in [1.29, 1.82) is 0 Å². The number of hydrogen-bond donors (Lipinski definition) is 1. The summed E-state index contributed by atoms with van der Waals surface area (Å²) in [5, 5.41) is 6.17. The number of anilines is 1. The number of carbonyl (C=O) groups excluding carboxylic acids is 2. The van der Waals surface area contributed by atoms with Crippen molar-refractivity contribution >= 4 is 39.1 Å². The van der Waals surface area contributed by atoms with Crippen molar-refractivity contribution in [3.8, 4) is 11.4 Å². The molecule has 140 valence electrons. The van der Waals surface area contributed by atoms with Crippen molar-refractivity contribution in [2.75, 3.05) is 5.32 Å². The first-order valence-electron chi connectivity index (χ1n) is 8.87. The molecule has 0 aliphatic carbocycles. The molecule has 3 heterocycles. The van der Waals surface area contributed by atoms with Crippen LogP contribution < -0.4 is 5.32 Å². The van der Waals surface area contributed by atoms with Crippen LogP contribution in [0.3, 0.4) is 0 Å². The highest BCUT2D eigenvalue weighted by Gasteiger charge is 2.13. The number of ketones is 1. The first-order chi connectivity index (χ1) is 13.6. The van der Waals surface area contributed by atoms with Gasteiger partial charge in [-0.15, -0.1) is 11.3 Å². The van der Waals surface area contributed by atoms with Gasteiger partial charge in [-0.2, -0.15) is 0 Å². The van der Waals surface area contributed by atoms with Crippen LogP contribution in [0.15, 0.2) is 60.2 Å². The zero-order valence-electron chi connectivity index (χ0n) is 15.3. The Bertz CT molecular complexity index is 1150. The Hall–Kier alpha value is -3.32. The van der Waals surface area contributed by atoms with E-state index in [9.17, 15) is 9.59 Å². The van der Waals surface area contributed by atoms with Gasteiger partial charge in [0.1, 0.15) is 5.69 Å². The van der Waals surface area contributed by atoms with Gasteiger partial charge in [0.2, 0.25) is 5.91 Å². The second-order valence-electron chi connectivity index (χ2n) is 6.36. The Labute approximate surface area is 165 Å². The van der Waals surface area contributed by atoms with Gasteiger partial charge in [-0.3, -0.25) is 14.6 Å². The fourth-order valence-electron chi connectivity index (χ4n) is 3.08. The second kappa shape index (κ2) is 7.74. The van der Waals surface area contributed by atoms with Crippen LogP contribution in [-0.4, -0.2) is 26.2 Å². The van der Waals surface area contributed by atoms with E-state index < -0.39 is 0 Å². The monoisotopic (exact) mass is 390 g/mol. The van der Waals surface area contributed by atoms with Gasteiger partial charge in [0.25, 0.3) is 0 Å². The molecule has 0 unspecified atom stereocenters. The van der Waals surface area contributed by atoms with E-state index in [2.05, 4.69) is 15.3 Å². The Balaban J connectivity index is 1.44. The molecule has 0 fully saturated rings. The van der Waals surface area contributed by atoms with Crippen LogP contribution in [0.1, 0.15) is 23.7 Å². The minimum absolute atomic E-state index is 0.0178. The van der Waals surface area contributed by atoms with Crippen molar-refractivity contribution in [2.24, 2.45) is 0 Å². The molecule has 0 spiro atoms. The van der Waals surface area contributed by atoms with E-state index in [4.69, 9.17) is 0 Å². The van der Waals surface area contributed by atoms with Gasteiger partial charge in [-0.1, -0.05) is 24.3 Å². The summed E-state index contributed by atoms with van der Waals surface area (Å²) < 4.78 is 1.95. The van der Waals surface area contributed by atoms with Crippen LogP contribution in [0.4, 0.5) is 5.13 Å². The predicted molar refractivity (Wildman–Crippen MR) is 111 cm³/mol. The summed E-state index contributed by atoms with van der Waals surface area (Å²) in [6, 6.07) is 13.4. The van der Waals surface area contributed by atoms with Crippen molar-refractivity contribution in [3.05, 3.63) is 65.8 Å². The Kier molecular flexibility index (Phi) is 4.99. The number of aryl methyl sites for hydroxylation is 1. The third-order valence-corrected chi connectivity index (χ3v) is 5.18. The summed E-state index contributed by atoms with van der Waals surface area (Å²) in [4.78, 5) is 32.9. The fraction of sp³-hybridized carbons (Fsp3) is 0.143. The summed E-state index contributed by atoms with van der Waals surface area (Å²) in [5.74, 6) is -0.103. The zero-order chi connectivity index (χ0) is 19.5. The van der Waals surface area contributed by atoms with Gasteiger partial charge in [0.05, 0.1) is 5.69 Å². The lowest BCUT2D eigenvalue weighted by molar-refractivity contribution is -0.116. The SMILES string of the molecule is CC(=O)c1cn(CCC(=O)Nc2nc(-c3ccccn3)cs2)c2ccccc12. The third kappa shape index (κ3) is 3.70. The van der Waals surface area contributed by atoms with E-state index >= 15 is 0 Å². The number of aromatic nitrogens is 3. The number of para-hydroxylation sites is 1. The highest BCUT2D eigenvalue weighted by Crippen LogP contribution is 2.24. The molecule has 0 aliphatic heterocycles. The first kappa shape index (κ1) is 18.1. The molecule has 0 atom stereocenters. The summed E-state index contributed by atoms with van der Waals surface area (Å²) in [5.41, 5.74) is 3.14. The molecule has 0 aliphatic rings. The highest BCUT2D eigenvalue weighted by molar-refractivity contribution is 7.14. The molecule has 6 nitrogen and oxygen atoms in total. The number of fused-ring (bicyclic) bond motifs is 1. The molecular formula is C21H18N4O2S. The minimum Gasteiger partial charge on any atom is -0.346 e. The molecule has 0 bridgehead atoms. The van der Waals surface area contributed by atoms with Gasteiger partial charge in [0, 0.05) is 47.2 Å². The summed E-state index contributed by atoms with van der Waals surface area (Å²) in [6.45, 7) is 2.04. The van der Waals surface area contributed by atoms with Gasteiger partial charge in [-0.05, 0) is 25.1 Å². The molecular weight excluding hydrogens is 372 g/mol. The van der Waals surface area contributed by atoms with E-state index in [0.717, 1.165) is 22.3 Å². The number of Topliss-reactive ketones (excluding diaryl/α,β-unsaturated/α-hetero) is 1. The number of rotatable bonds is 6. The lowest BCUT2D eigenvalue weighted by Crippen LogP contribution is -2.14. The molecule has 1 aromatic carbocycles. The van der Waals surface area contributed by atoms with Gasteiger partial charge in [-0.25, -0.2) is 4.98 Å². The van der Waals surface area contributed by atoms with Crippen LogP contribution in [0.5, 0.6) is 0 Å². The zero-order valence-corrected chi connectivity index (χ0v) is 16.1. The van der Waals surface area contributed by atoms with Crippen LogP contribution in [0.2, 0.25) is 0 Å². The molecule has 1 amide bonds. The van der Waals surface area contributed by atoms with Gasteiger partial charge >= 0.3 is 0 Å². The van der Waals surface area contributed by atoms with Gasteiger partial charge in [0.15, 0.2) is 10.9 Å². The van der Waals surface area contributed by atoms with Crippen LogP contribution >= 0.6 is 11.3 Å². The average Bonchev–Trinajstić information content (AvgIpc) is 3.32. The maximum absolute atomic E-state index is 12.4. The molecule has 7 heteroatoms. The molecule has 0 radical (unpaired) electrons. The van der Waals surface area contributed by atoms with Crippen LogP contribution in [-0.2, 0) is 11.3 Å². The summed E-state index contributed by atoms with van der Waals surface area (Å²) in [6.07, 6.45) is 3.82. The first-order valence-corrected chi connectivity index (χ1v) is 9.75. The van der Waals surface area contributed by atoms with Gasteiger partial charge < -0.3 is 9.88 Å². The fourth-order valence-corrected chi connectivity index (χ4v) is 3.80. The quantitative estimate of drug-likeness (QED) is 0.495. The van der Waals surface area contributed by atoms with E-state index in [1.165, 1.54) is 11.3 Å². The highest BCUT2D eigenvalue weighted by atomic mass is 32.1. The Morgan fingerprint density at radius 2 is 1.93 bits per heavy atom. The molecule has 1 N–H and O–H groups in total. The van der Waals surface area contributed by atoms with Crippen LogP contribution in [0.25, 0.3) is 22.3 Å². The maximum atomic E-state index is 12.4. The van der Waals surface area contributed by atoms with E-state index in [-0.39, 0.29) is 18.1 Å². The second-order valence-corrected chi connectivity index (χ2v) is 7.22. The Morgan fingerprint density at radius 1 is 1.11 bits per heavy atom. The molecule has 4 rings (SSSR count). The number of hydrogen-bond acceptors (Lipinski definition) is 5. The molecule has 4 aromatic rings. The van der Waals surface area contributed by atoms with Crippen LogP contribution in [0, 0.1) is 0 Å². The summed E-state index contributed by atoms with van der Waals surface area (Å²) in [7, 11) is 0. The number of pyridine rings is 1. The molecule has 3 aromatic heterocycles. The number of carbonyl (C=O) groups is 2. The van der Waals surface area contributed by atoms with Crippen molar-refractivity contribution in [2.45, 2.75) is 19.9 Å². The topological polar surface area (TPSA) is 76.9 Å². The number of nitrogens with one attached hydrogen (secondary N) is 1. The van der Waals surface area contributed by atoms with Crippen molar-refractivity contribution in [3.63, 3.8) is 0 Å². The van der Waals surface area contributed by atoms with Crippen molar-refractivity contribution < 1.29 is 9.59 Å². The van der Waals surface area contributed by atoms with E-state index in [1.807, 2.05) is 58.6 Å². The Morgan fingerprint density at radius 3 is 2.71 bits per heavy atom. The predicted octanol–water partition coefficient (Wildman–Crippen LogP) is 4.39. The number of thiazole rings is 1. The summed E-state index contributed by atoms with van der Waals surface area (Å²) >= 11 is 1.37. The normalized spacial score (nSPS) is 10.9. The molecule has 28 heavy (non-hydrogen) atoms. The average molecular weight is 390 g/mol. The third-order valence-electron chi connectivity index (χ3n) is 4.43. The molecule has 0 saturated heterocycles. The lowest BCUT2D eigenvalue weighted by atomic mass is 10.1. The number of nitrogens with zero attached hydrogens (tertiary/aromatic N) is 3. The number of amides is 1. The smallest absolute Gasteiger partial charge is 0.227 e. The lowest BCUT2D eigenvalue weighted by Gasteiger charge is -2.05. The number of benzene rings is 1. The van der Waals surface area contributed by atoms with E-state index in [1.54, 1.807) is 13.1 Å². The molecule has 0 saturated carbocycles. The minimum atomic E-state index is -0.121. The standard InChI is InChI=1S/C21H18N4O2S/c1-14(26)16-12-25(19-8-3-2-6-15(16)19)11-9-20(27)24-21-23-18(13-28-21)17-7-4-5-10-22-17/h2-8,10,12-13H,9,11H2,1H3,(H,23,24,27). The van der Waals surface area contributed by atoms with Crippen molar-refractivity contribution in [1.82, 2.24) is 14.5 Å². The maximum Gasteiger partial charge on any atom is 0.227 e.